The van der Waals surface area contributed by atoms with Crippen molar-refractivity contribution in [3.63, 3.8) is 0 Å². The molecule has 0 spiro atoms. The van der Waals surface area contributed by atoms with Crippen LogP contribution in [0, 0.1) is 0 Å². The van der Waals surface area contributed by atoms with Crippen LogP contribution in [0.2, 0.25) is 0 Å². The van der Waals surface area contributed by atoms with Gasteiger partial charge in [-0.2, -0.15) is 0 Å². The second kappa shape index (κ2) is 138. The predicted molar refractivity (Wildman–Crippen MR) is 14.9 cm³/mol. The Morgan fingerprint density at radius 3 is 0.333 bits per heavy atom. The summed E-state index contributed by atoms with van der Waals surface area (Å²) in [5, 5.41) is 0. The molecule has 0 heterocycles. The van der Waals surface area contributed by atoms with Crippen LogP contribution in [0.3, 0.4) is 0 Å². The van der Waals surface area contributed by atoms with Crippen molar-refractivity contribution in [2.24, 2.45) is 0 Å². The van der Waals surface area contributed by atoms with Crippen LogP contribution in [-0.4, -0.2) is 54.6 Å². The molecule has 0 atom stereocenters. The molecule has 0 rings (SSSR count). The van der Waals surface area contributed by atoms with Gasteiger partial charge in [0.25, 0.3) is 0 Å². The van der Waals surface area contributed by atoms with Gasteiger partial charge in [-0.25, -0.2) is 0 Å². The number of hydrogen-bond donors (Lipinski definition) is 0. The van der Waals surface area contributed by atoms with Gasteiger partial charge in [0.05, 0.1) is 0 Å². The van der Waals surface area contributed by atoms with Crippen LogP contribution in [0.1, 0.15) is 0 Å². The zero-order chi connectivity index (χ0) is 0. The van der Waals surface area contributed by atoms with Crippen LogP contribution >= 0.6 is 0 Å². The zero-order valence-corrected chi connectivity index (χ0v) is 14.2. The summed E-state index contributed by atoms with van der Waals surface area (Å²) in [6, 6.07) is 0. The Hall–Kier alpha value is 2.71. The molecule has 50 valence electrons. The standard InChI is InChI=1S/2Cr.5O.2Pb/q2*+3;5*-2;2*+2. The van der Waals surface area contributed by atoms with E-state index < -0.39 is 0 Å². The van der Waals surface area contributed by atoms with Crippen molar-refractivity contribution in [2.45, 2.75) is 0 Å². The fourth-order valence-electron chi connectivity index (χ4n) is 0. The molecule has 9 heteroatoms. The van der Waals surface area contributed by atoms with Crippen LogP contribution in [0.5, 0.6) is 0 Å². The molecular formula is Cr2O5Pb2. The van der Waals surface area contributed by atoms with E-state index in [1.807, 2.05) is 0 Å². The summed E-state index contributed by atoms with van der Waals surface area (Å²) in [4.78, 5) is 0. The van der Waals surface area contributed by atoms with Gasteiger partial charge in [0, 0.05) is 0 Å². The van der Waals surface area contributed by atoms with Gasteiger partial charge in [-0.1, -0.05) is 0 Å². The summed E-state index contributed by atoms with van der Waals surface area (Å²) in [6.07, 6.45) is 0. The van der Waals surface area contributed by atoms with Gasteiger partial charge in [-0.15, -0.1) is 0 Å². The van der Waals surface area contributed by atoms with Crippen molar-refractivity contribution in [3.8, 4) is 0 Å². The van der Waals surface area contributed by atoms with Gasteiger partial charge in [0.2, 0.25) is 0 Å². The molecule has 0 fully saturated rings. The maximum absolute atomic E-state index is 0. The van der Waals surface area contributed by atoms with E-state index in [9.17, 15) is 0 Å². The molecule has 5 nitrogen and oxygen atoms in total. The van der Waals surface area contributed by atoms with Gasteiger partial charge in [-0.05, 0) is 0 Å². The van der Waals surface area contributed by atoms with E-state index in [1.54, 1.807) is 0 Å². The Labute approximate surface area is 115 Å². The molecule has 6 radical (unpaired) electrons. The Balaban J connectivity index is 0. The van der Waals surface area contributed by atoms with Crippen molar-refractivity contribution >= 4 is 54.6 Å². The van der Waals surface area contributed by atoms with E-state index in [0.717, 1.165) is 0 Å². The number of hydrogen-bond acceptors (Lipinski definition) is 0. The first-order chi connectivity index (χ1) is 0. The molecule has 0 N–H and O–H groups in total. The third-order valence-electron chi connectivity index (χ3n) is 0. The molecule has 0 saturated carbocycles. The second-order valence-electron chi connectivity index (χ2n) is 0. The molecule has 0 aromatic heterocycles. The second-order valence-corrected chi connectivity index (χ2v) is 0. The molecule has 0 saturated heterocycles. The fourth-order valence-corrected chi connectivity index (χ4v) is 0. The minimum absolute atomic E-state index is 0. The number of rotatable bonds is 0. The maximum atomic E-state index is 0. The van der Waals surface area contributed by atoms with Crippen molar-refractivity contribution in [1.29, 1.82) is 0 Å². The molecule has 0 aliphatic carbocycles. The Morgan fingerprint density at radius 1 is 0.333 bits per heavy atom. The monoisotopic (exact) mass is 600 g/mol. The molecule has 0 bridgehead atoms. The van der Waals surface area contributed by atoms with Crippen molar-refractivity contribution in [1.82, 2.24) is 0 Å². The van der Waals surface area contributed by atoms with E-state index in [1.165, 1.54) is 0 Å². The van der Waals surface area contributed by atoms with Gasteiger partial charge >= 0.3 is 89.3 Å². The molecule has 0 aromatic carbocycles. The summed E-state index contributed by atoms with van der Waals surface area (Å²) in [6.45, 7) is 0. The van der Waals surface area contributed by atoms with E-state index >= 15 is 0 Å². The normalized spacial score (nSPS) is 0. The summed E-state index contributed by atoms with van der Waals surface area (Å²) < 4.78 is 0. The van der Waals surface area contributed by atoms with E-state index in [-0.39, 0.29) is 117 Å². The summed E-state index contributed by atoms with van der Waals surface area (Å²) in [5.74, 6) is 0. The summed E-state index contributed by atoms with van der Waals surface area (Å²) >= 11 is 0. The van der Waals surface area contributed by atoms with Crippen molar-refractivity contribution in [2.75, 3.05) is 0 Å². The van der Waals surface area contributed by atoms with Crippen LogP contribution < -0.4 is 0 Å². The van der Waals surface area contributed by atoms with Crippen LogP contribution in [0.25, 0.3) is 0 Å². The minimum atomic E-state index is 0. The zero-order valence-electron chi connectivity index (χ0n) is 3.86. The summed E-state index contributed by atoms with van der Waals surface area (Å²) in [5.41, 5.74) is 0. The third kappa shape index (κ3) is 111. The molecule has 9 heavy (non-hydrogen) atoms. The largest absolute Gasteiger partial charge is 3.00 e. The molecule has 0 aromatic rings. The molecule has 0 aliphatic heterocycles. The van der Waals surface area contributed by atoms with E-state index in [4.69, 9.17) is 0 Å². The first kappa shape index (κ1) is 183. The first-order valence-corrected chi connectivity index (χ1v) is 0. The van der Waals surface area contributed by atoms with Crippen LogP contribution in [-0.2, 0) is 62.1 Å². The van der Waals surface area contributed by atoms with Crippen molar-refractivity contribution in [3.05, 3.63) is 0 Å². The first-order valence-electron chi connectivity index (χ1n) is 0. The smallest absolute Gasteiger partial charge is 2.00 e. The molecule has 0 unspecified atom stereocenters. The third-order valence-corrected chi connectivity index (χ3v) is 0. The van der Waals surface area contributed by atoms with E-state index in [2.05, 4.69) is 0 Å². The Bertz CT molecular complexity index is 12.9. The Morgan fingerprint density at radius 2 is 0.333 bits per heavy atom. The quantitative estimate of drug-likeness (QED) is 0.304. The summed E-state index contributed by atoms with van der Waals surface area (Å²) in [7, 11) is 0. The van der Waals surface area contributed by atoms with Crippen LogP contribution in [0.4, 0.5) is 0 Å². The average Bonchev–Trinajstić information content (AvgIpc) is 0. The average molecular weight is 598 g/mol. The van der Waals surface area contributed by atoms with Gasteiger partial charge in [0.15, 0.2) is 0 Å². The Kier molecular flexibility index (Phi) is 2800. The van der Waals surface area contributed by atoms with E-state index in [0.29, 0.717) is 0 Å². The predicted octanol–water partition coefficient (Wildman–Crippen LogP) is -1.36. The molecule has 0 amide bonds. The SMILES string of the molecule is [Cr+3].[Cr+3].[O-2].[O-2].[O-2].[O-2].[O-2].[Pb+2].[Pb+2]. The fraction of sp³-hybridized carbons (Fsp3) is 0. The topological polar surface area (TPSA) is 142 Å². The van der Waals surface area contributed by atoms with Gasteiger partial charge in [0.1, 0.15) is 0 Å². The maximum Gasteiger partial charge on any atom is 3.00 e. The molecule has 0 aliphatic rings. The minimum Gasteiger partial charge on any atom is -2.00 e. The van der Waals surface area contributed by atoms with Gasteiger partial charge in [-0.3, -0.25) is 0 Å². The van der Waals surface area contributed by atoms with Crippen LogP contribution in [0.15, 0.2) is 0 Å². The molecular weight excluding hydrogens is 598 g/mol. The van der Waals surface area contributed by atoms with Gasteiger partial charge < -0.3 is 27.4 Å². The van der Waals surface area contributed by atoms with Crippen molar-refractivity contribution < 1.29 is 62.1 Å².